The third-order valence-corrected chi connectivity index (χ3v) is 4.23. The second-order valence-corrected chi connectivity index (χ2v) is 7.10. The summed E-state index contributed by atoms with van der Waals surface area (Å²) in [5.41, 5.74) is 3.06. The van der Waals surface area contributed by atoms with Gasteiger partial charge in [0.25, 0.3) is 0 Å². The molecule has 0 aliphatic carbocycles. The fourth-order valence-corrected chi connectivity index (χ4v) is 2.92. The summed E-state index contributed by atoms with van der Waals surface area (Å²) in [4.78, 5) is 13.0. The van der Waals surface area contributed by atoms with Crippen molar-refractivity contribution in [3.8, 4) is 22.6 Å². The molecule has 1 heterocycles. The van der Waals surface area contributed by atoms with E-state index in [0.717, 1.165) is 16.9 Å². The molecule has 0 aliphatic rings. The maximum Gasteiger partial charge on any atom is 0.371 e. The van der Waals surface area contributed by atoms with E-state index >= 15 is 0 Å². The van der Waals surface area contributed by atoms with Crippen LogP contribution in [0.15, 0.2) is 108 Å². The molecule has 3 aromatic carbocycles. The summed E-state index contributed by atoms with van der Waals surface area (Å²) >= 11 is 0. The van der Waals surface area contributed by atoms with Crippen LogP contribution in [0.4, 0.5) is 0 Å². The molecule has 31 heavy (non-hydrogen) atoms. The molecule has 0 bridgehead atoms. The van der Waals surface area contributed by atoms with Crippen molar-refractivity contribution in [3.05, 3.63) is 114 Å². The quantitative estimate of drug-likeness (QED) is 0.352. The molecule has 0 unspecified atom stereocenters. The van der Waals surface area contributed by atoms with Crippen molar-refractivity contribution in [2.45, 2.75) is 0 Å². The molecule has 0 aliphatic heterocycles. The lowest BCUT2D eigenvalue weighted by Crippen LogP contribution is -2.68. The highest BCUT2D eigenvalue weighted by Crippen LogP contribution is 2.31. The first kappa shape index (κ1) is 22.3. The zero-order chi connectivity index (χ0) is 22.3. The first-order valence-electron chi connectivity index (χ1n) is 9.12. The number of carbonyl (C=O) groups excluding carboxylic acids is 1. The molecule has 0 fully saturated rings. The minimum atomic E-state index is -4.94. The van der Waals surface area contributed by atoms with E-state index in [-0.39, 0.29) is 5.78 Å². The van der Waals surface area contributed by atoms with Crippen LogP contribution in [0.1, 0.15) is 15.9 Å². The van der Waals surface area contributed by atoms with Gasteiger partial charge >= 0.3 is 11.5 Å². The molecule has 0 saturated carbocycles. The van der Waals surface area contributed by atoms with Gasteiger partial charge in [-0.05, 0) is 30.3 Å². The monoisotopic (exact) mass is 436 g/mol. The Kier molecular flexibility index (Phi) is 7.25. The Morgan fingerprint density at radius 1 is 0.613 bits per heavy atom. The lowest BCUT2D eigenvalue weighted by Gasteiger charge is -2.17. The highest BCUT2D eigenvalue weighted by atomic mass is 35.7. The average molecular weight is 437 g/mol. The molecule has 4 aromatic rings. The maximum absolute atomic E-state index is 13.0. The smallest absolute Gasteiger partial charge is 0.288 e. The molecular formula is C24H17ClO6. The van der Waals surface area contributed by atoms with Crippen LogP contribution in [0.5, 0.6) is 0 Å². The SMILES string of the molecule is O=C(c1ccccc1)c1ccc(-c2ccccc2)[o+]c1-c1ccccc1.[O-][Cl+3]([O-])([O-])[O-]. The van der Waals surface area contributed by atoms with E-state index in [4.69, 9.17) is 23.1 Å². The molecule has 1 aromatic heterocycles. The van der Waals surface area contributed by atoms with E-state index in [9.17, 15) is 4.79 Å². The number of ketones is 1. The second kappa shape index (κ2) is 10.1. The Morgan fingerprint density at radius 3 is 1.58 bits per heavy atom. The van der Waals surface area contributed by atoms with Crippen molar-refractivity contribution in [1.29, 1.82) is 0 Å². The highest BCUT2D eigenvalue weighted by molar-refractivity contribution is 6.12. The standard InChI is InChI=1S/C24H17O2.ClHO4/c25-23(19-12-6-2-7-13-19)21-16-17-22(18-10-4-1-5-11-18)26-24(21)20-14-8-3-9-15-20;2-1(3,4)5/h1-17H;(H,2,3,4,5)/q+1;/p-1. The number of benzene rings is 3. The van der Waals surface area contributed by atoms with Gasteiger partial charge in [0.1, 0.15) is 5.56 Å². The molecule has 0 saturated heterocycles. The van der Waals surface area contributed by atoms with Crippen molar-refractivity contribution in [3.63, 3.8) is 0 Å². The molecule has 0 amide bonds. The minimum Gasteiger partial charge on any atom is -0.288 e. The van der Waals surface area contributed by atoms with Crippen LogP contribution < -0.4 is 18.6 Å². The number of carbonyl (C=O) groups is 1. The zero-order valence-electron chi connectivity index (χ0n) is 16.1. The van der Waals surface area contributed by atoms with Gasteiger partial charge < -0.3 is 0 Å². The fraction of sp³-hybridized carbons (Fsp3) is 0. The van der Waals surface area contributed by atoms with Crippen molar-refractivity contribution in [1.82, 2.24) is 0 Å². The van der Waals surface area contributed by atoms with E-state index < -0.39 is 10.2 Å². The highest BCUT2D eigenvalue weighted by Gasteiger charge is 2.27. The van der Waals surface area contributed by atoms with Gasteiger partial charge in [0.05, 0.1) is 11.1 Å². The van der Waals surface area contributed by atoms with Gasteiger partial charge in [-0.15, -0.1) is 10.2 Å². The van der Waals surface area contributed by atoms with E-state index in [1.165, 1.54) is 0 Å². The zero-order valence-corrected chi connectivity index (χ0v) is 16.9. The van der Waals surface area contributed by atoms with Gasteiger partial charge in [-0.3, -0.25) is 4.79 Å². The van der Waals surface area contributed by atoms with Gasteiger partial charge in [-0.25, -0.2) is 23.1 Å². The lowest BCUT2D eigenvalue weighted by atomic mass is 9.98. The Balaban J connectivity index is 0.000000491. The number of hydrogen-bond donors (Lipinski definition) is 0. The lowest BCUT2D eigenvalue weighted by molar-refractivity contribution is -2.00. The Morgan fingerprint density at radius 2 is 1.06 bits per heavy atom. The van der Waals surface area contributed by atoms with Gasteiger partial charge in [0.15, 0.2) is 0 Å². The molecule has 0 N–H and O–H groups in total. The Hall–Kier alpha value is -3.39. The van der Waals surface area contributed by atoms with Crippen LogP contribution >= 0.6 is 0 Å². The second-order valence-electron chi connectivity index (χ2n) is 6.35. The summed E-state index contributed by atoms with van der Waals surface area (Å²) in [7, 11) is -4.94. The van der Waals surface area contributed by atoms with Crippen LogP contribution in [-0.2, 0) is 0 Å². The van der Waals surface area contributed by atoms with Gasteiger partial charge in [0.2, 0.25) is 5.78 Å². The number of halogens is 1. The van der Waals surface area contributed by atoms with Crippen LogP contribution in [0.25, 0.3) is 22.6 Å². The fourth-order valence-electron chi connectivity index (χ4n) is 2.92. The summed E-state index contributed by atoms with van der Waals surface area (Å²) in [6.45, 7) is 0. The predicted molar refractivity (Wildman–Crippen MR) is 104 cm³/mol. The van der Waals surface area contributed by atoms with Gasteiger partial charge in [0, 0.05) is 11.6 Å². The molecule has 7 heteroatoms. The first-order valence-corrected chi connectivity index (χ1v) is 10.4. The number of rotatable bonds is 4. The molecule has 156 valence electrons. The van der Waals surface area contributed by atoms with E-state index in [0.29, 0.717) is 16.9 Å². The molecule has 6 nitrogen and oxygen atoms in total. The predicted octanol–water partition coefficient (Wildman–Crippen LogP) is 1.37. The summed E-state index contributed by atoms with van der Waals surface area (Å²) in [5, 5.41) is 0. The maximum atomic E-state index is 13.0. The van der Waals surface area contributed by atoms with E-state index in [1.807, 2.05) is 103 Å². The van der Waals surface area contributed by atoms with Crippen molar-refractivity contribution in [2.24, 2.45) is 0 Å². The summed E-state index contributed by atoms with van der Waals surface area (Å²) in [5.74, 6) is 1.27. The Labute approximate surface area is 181 Å². The molecule has 0 atom stereocenters. The molecule has 0 spiro atoms. The first-order chi connectivity index (χ1) is 14.8. The van der Waals surface area contributed by atoms with Crippen LogP contribution in [0.3, 0.4) is 0 Å². The topological polar surface area (TPSA) is 121 Å². The van der Waals surface area contributed by atoms with E-state index in [2.05, 4.69) is 0 Å². The third kappa shape index (κ3) is 6.55. The van der Waals surface area contributed by atoms with Crippen LogP contribution in [0.2, 0.25) is 0 Å². The molecular weight excluding hydrogens is 420 g/mol. The molecule has 0 radical (unpaired) electrons. The minimum absolute atomic E-state index is 0.0483. The normalized spacial score (nSPS) is 10.7. The third-order valence-electron chi connectivity index (χ3n) is 4.23. The summed E-state index contributed by atoms with van der Waals surface area (Å²) in [6.07, 6.45) is 0. The van der Waals surface area contributed by atoms with Crippen LogP contribution in [-0.4, -0.2) is 5.78 Å². The summed E-state index contributed by atoms with van der Waals surface area (Å²) < 4.78 is 40.2. The van der Waals surface area contributed by atoms with E-state index in [1.54, 1.807) is 0 Å². The van der Waals surface area contributed by atoms with Crippen molar-refractivity contribution < 1.29 is 38.1 Å². The van der Waals surface area contributed by atoms with Crippen molar-refractivity contribution in [2.75, 3.05) is 0 Å². The van der Waals surface area contributed by atoms with Gasteiger partial charge in [-0.1, -0.05) is 66.7 Å². The largest absolute Gasteiger partial charge is 0.371 e. The average Bonchev–Trinajstić information content (AvgIpc) is 2.79. The number of hydrogen-bond acceptors (Lipinski definition) is 5. The van der Waals surface area contributed by atoms with Crippen LogP contribution in [0, 0.1) is 10.2 Å². The van der Waals surface area contributed by atoms with Gasteiger partial charge in [-0.2, -0.15) is 0 Å². The Bertz CT molecular complexity index is 1120. The van der Waals surface area contributed by atoms with Crippen molar-refractivity contribution >= 4 is 5.78 Å². The molecule has 4 rings (SSSR count). The summed E-state index contributed by atoms with van der Waals surface area (Å²) in [6, 6.07) is 32.6.